The van der Waals surface area contributed by atoms with Crippen molar-refractivity contribution in [3.63, 3.8) is 0 Å². The predicted molar refractivity (Wildman–Crippen MR) is 96.3 cm³/mol. The van der Waals surface area contributed by atoms with Crippen molar-refractivity contribution in [2.75, 3.05) is 19.6 Å². The third-order valence-corrected chi connectivity index (χ3v) is 5.37. The average molecular weight is 344 g/mol. The first-order valence-corrected chi connectivity index (χ1v) is 9.09. The van der Waals surface area contributed by atoms with Gasteiger partial charge < -0.3 is 15.0 Å². The number of likely N-dealkylation sites (tertiary alicyclic amines) is 1. The Kier molecular flexibility index (Phi) is 4.76. The van der Waals surface area contributed by atoms with Crippen LogP contribution in [-0.4, -0.2) is 42.1 Å². The Morgan fingerprint density at radius 1 is 1.20 bits per heavy atom. The highest BCUT2D eigenvalue weighted by Crippen LogP contribution is 2.48. The molecule has 1 unspecified atom stereocenters. The van der Waals surface area contributed by atoms with Crippen LogP contribution >= 0.6 is 0 Å². The van der Waals surface area contributed by atoms with Gasteiger partial charge in [0.25, 0.3) is 0 Å². The summed E-state index contributed by atoms with van der Waals surface area (Å²) in [7, 11) is 0. The lowest BCUT2D eigenvalue weighted by molar-refractivity contribution is -0.128. The van der Waals surface area contributed by atoms with Gasteiger partial charge in [-0.1, -0.05) is 30.3 Å². The first-order chi connectivity index (χ1) is 11.8. The Morgan fingerprint density at radius 3 is 2.44 bits per heavy atom. The van der Waals surface area contributed by atoms with Crippen LogP contribution in [0.15, 0.2) is 30.3 Å². The van der Waals surface area contributed by atoms with Gasteiger partial charge in [-0.15, -0.1) is 0 Å². The third-order valence-electron chi connectivity index (χ3n) is 5.37. The van der Waals surface area contributed by atoms with Crippen LogP contribution in [0.25, 0.3) is 0 Å². The van der Waals surface area contributed by atoms with E-state index in [4.69, 9.17) is 4.74 Å². The van der Waals surface area contributed by atoms with Gasteiger partial charge in [-0.2, -0.15) is 0 Å². The van der Waals surface area contributed by atoms with Gasteiger partial charge >= 0.3 is 6.09 Å². The highest BCUT2D eigenvalue weighted by Gasteiger charge is 2.47. The molecule has 2 saturated heterocycles. The highest BCUT2D eigenvalue weighted by molar-refractivity contribution is 5.78. The van der Waals surface area contributed by atoms with E-state index in [0.29, 0.717) is 32.0 Å². The molecule has 0 radical (unpaired) electrons. The monoisotopic (exact) mass is 344 g/mol. The zero-order chi connectivity index (χ0) is 18.1. The van der Waals surface area contributed by atoms with Crippen LogP contribution in [0.3, 0.4) is 0 Å². The highest BCUT2D eigenvalue weighted by atomic mass is 16.6. The molecule has 1 aromatic carbocycles. The van der Waals surface area contributed by atoms with Crippen molar-refractivity contribution in [1.82, 2.24) is 10.2 Å². The number of carbonyl (C=O) groups is 2. The summed E-state index contributed by atoms with van der Waals surface area (Å²) in [4.78, 5) is 26.2. The molecule has 2 fully saturated rings. The van der Waals surface area contributed by atoms with Gasteiger partial charge in [-0.3, -0.25) is 4.79 Å². The molecule has 0 aromatic heterocycles. The minimum Gasteiger partial charge on any atom is -0.444 e. The Morgan fingerprint density at radius 2 is 1.84 bits per heavy atom. The molecule has 0 aliphatic carbocycles. The SMILES string of the molecule is CC(C)(C)OC(=O)N1CCC2(CC1)CC(=O)NCC2c1ccccc1. The summed E-state index contributed by atoms with van der Waals surface area (Å²) in [5.41, 5.74) is 0.722. The van der Waals surface area contributed by atoms with Crippen LogP contribution in [0.5, 0.6) is 0 Å². The summed E-state index contributed by atoms with van der Waals surface area (Å²) in [6, 6.07) is 10.4. The molecule has 136 valence electrons. The van der Waals surface area contributed by atoms with Crippen LogP contribution in [0.1, 0.15) is 51.5 Å². The summed E-state index contributed by atoms with van der Waals surface area (Å²) in [5, 5.41) is 3.02. The molecule has 3 rings (SSSR count). The van der Waals surface area contributed by atoms with E-state index in [-0.39, 0.29) is 17.4 Å². The van der Waals surface area contributed by atoms with Crippen LogP contribution < -0.4 is 5.32 Å². The molecule has 1 spiro atoms. The van der Waals surface area contributed by atoms with Crippen LogP contribution in [0.4, 0.5) is 4.79 Å². The number of benzene rings is 1. The number of ether oxygens (including phenoxy) is 1. The average Bonchev–Trinajstić information content (AvgIpc) is 2.55. The topological polar surface area (TPSA) is 58.6 Å². The van der Waals surface area contributed by atoms with Gasteiger partial charge in [0.2, 0.25) is 5.91 Å². The number of hydrogen-bond donors (Lipinski definition) is 1. The predicted octanol–water partition coefficient (Wildman–Crippen LogP) is 3.31. The molecule has 0 saturated carbocycles. The number of nitrogens with one attached hydrogen (secondary N) is 1. The first kappa shape index (κ1) is 17.8. The molecule has 2 amide bonds. The van der Waals surface area contributed by atoms with E-state index in [0.717, 1.165) is 12.8 Å². The number of rotatable bonds is 1. The van der Waals surface area contributed by atoms with E-state index in [1.807, 2.05) is 26.8 Å². The van der Waals surface area contributed by atoms with Crippen LogP contribution in [0, 0.1) is 5.41 Å². The van der Waals surface area contributed by atoms with Crippen molar-refractivity contribution in [3.8, 4) is 0 Å². The first-order valence-electron chi connectivity index (χ1n) is 9.09. The molecule has 5 heteroatoms. The molecular weight excluding hydrogens is 316 g/mol. The molecule has 25 heavy (non-hydrogen) atoms. The fraction of sp³-hybridized carbons (Fsp3) is 0.600. The van der Waals surface area contributed by atoms with Gasteiger partial charge in [-0.25, -0.2) is 4.79 Å². The maximum absolute atomic E-state index is 12.3. The number of hydrogen-bond acceptors (Lipinski definition) is 3. The summed E-state index contributed by atoms with van der Waals surface area (Å²) in [6.45, 7) is 7.61. The lowest BCUT2D eigenvalue weighted by Crippen LogP contribution is -2.53. The van der Waals surface area contributed by atoms with Gasteiger partial charge in [0, 0.05) is 32.0 Å². The van der Waals surface area contributed by atoms with E-state index in [1.54, 1.807) is 4.90 Å². The Labute approximate surface area is 149 Å². The lowest BCUT2D eigenvalue weighted by atomic mass is 9.62. The zero-order valence-electron chi connectivity index (χ0n) is 15.4. The minimum absolute atomic E-state index is 0.0673. The van der Waals surface area contributed by atoms with E-state index < -0.39 is 5.60 Å². The van der Waals surface area contributed by atoms with Crippen molar-refractivity contribution in [2.24, 2.45) is 5.41 Å². The molecule has 1 atom stereocenters. The summed E-state index contributed by atoms with van der Waals surface area (Å²) in [6.07, 6.45) is 1.95. The van der Waals surface area contributed by atoms with Crippen molar-refractivity contribution in [3.05, 3.63) is 35.9 Å². The number of carbonyl (C=O) groups excluding carboxylic acids is 2. The Hall–Kier alpha value is -2.04. The second kappa shape index (κ2) is 6.70. The summed E-state index contributed by atoms with van der Waals surface area (Å²) < 4.78 is 5.49. The van der Waals surface area contributed by atoms with Gasteiger partial charge in [0.1, 0.15) is 5.60 Å². The van der Waals surface area contributed by atoms with Gasteiger partial charge in [0.05, 0.1) is 0 Å². The maximum Gasteiger partial charge on any atom is 0.410 e. The third kappa shape index (κ3) is 3.97. The van der Waals surface area contributed by atoms with Crippen LogP contribution in [0.2, 0.25) is 0 Å². The smallest absolute Gasteiger partial charge is 0.410 e. The molecule has 1 aromatic rings. The molecule has 1 N–H and O–H groups in total. The van der Waals surface area contributed by atoms with E-state index in [2.05, 4.69) is 29.6 Å². The Bertz CT molecular complexity index is 628. The normalized spacial score (nSPS) is 23.2. The van der Waals surface area contributed by atoms with Gasteiger partial charge in [-0.05, 0) is 44.6 Å². The summed E-state index contributed by atoms with van der Waals surface area (Å²) >= 11 is 0. The zero-order valence-corrected chi connectivity index (χ0v) is 15.4. The quantitative estimate of drug-likeness (QED) is 0.850. The fourth-order valence-electron chi connectivity index (χ4n) is 4.08. The molecule has 0 bridgehead atoms. The number of piperidine rings is 2. The molecule has 2 heterocycles. The maximum atomic E-state index is 12.3. The molecule has 2 aliphatic rings. The van der Waals surface area contributed by atoms with Crippen LogP contribution in [-0.2, 0) is 9.53 Å². The summed E-state index contributed by atoms with van der Waals surface area (Å²) in [5.74, 6) is 0.421. The van der Waals surface area contributed by atoms with Crippen molar-refractivity contribution in [2.45, 2.75) is 51.6 Å². The second-order valence-electron chi connectivity index (χ2n) is 8.27. The number of nitrogens with zero attached hydrogens (tertiary/aromatic N) is 1. The lowest BCUT2D eigenvalue weighted by Gasteiger charge is -2.49. The fourth-order valence-corrected chi connectivity index (χ4v) is 4.08. The van der Waals surface area contributed by atoms with Crippen molar-refractivity contribution >= 4 is 12.0 Å². The molecular formula is C20H28N2O3. The largest absolute Gasteiger partial charge is 0.444 e. The van der Waals surface area contributed by atoms with Gasteiger partial charge in [0.15, 0.2) is 0 Å². The molecule has 5 nitrogen and oxygen atoms in total. The number of amides is 2. The Balaban J connectivity index is 1.74. The van der Waals surface area contributed by atoms with E-state index >= 15 is 0 Å². The van der Waals surface area contributed by atoms with Crippen molar-refractivity contribution < 1.29 is 14.3 Å². The van der Waals surface area contributed by atoms with Crippen molar-refractivity contribution in [1.29, 1.82) is 0 Å². The second-order valence-corrected chi connectivity index (χ2v) is 8.27. The standard InChI is InChI=1S/C20H28N2O3/c1-19(2,3)25-18(24)22-11-9-20(10-12-22)13-17(23)21-14-16(20)15-7-5-4-6-8-15/h4-8,16H,9-14H2,1-3H3,(H,21,23). The minimum atomic E-state index is -0.483. The van der Waals surface area contributed by atoms with E-state index in [1.165, 1.54) is 5.56 Å². The van der Waals surface area contributed by atoms with E-state index in [9.17, 15) is 9.59 Å². The molecule has 2 aliphatic heterocycles.